The number of halogens is 3. The summed E-state index contributed by atoms with van der Waals surface area (Å²) >= 11 is 16.6. The summed E-state index contributed by atoms with van der Waals surface area (Å²) in [5.74, 6) is 0.685. The first-order valence-electron chi connectivity index (χ1n) is 3.84. The van der Waals surface area contributed by atoms with Crippen LogP contribution in [-0.4, -0.2) is 16.0 Å². The van der Waals surface area contributed by atoms with Crippen molar-refractivity contribution in [3.8, 4) is 5.75 Å². The Morgan fingerprint density at radius 3 is 2.07 bits per heavy atom. The fraction of sp³-hybridized carbons (Fsp3) is 0.333. The van der Waals surface area contributed by atoms with Crippen molar-refractivity contribution in [2.75, 3.05) is 7.11 Å². The molecule has 0 amide bonds. The zero-order valence-corrected chi connectivity index (χ0v) is 9.64. The lowest BCUT2D eigenvalue weighted by Gasteiger charge is -2.19. The van der Waals surface area contributed by atoms with Crippen molar-refractivity contribution in [2.24, 2.45) is 0 Å². The molecule has 1 atom stereocenters. The number of methoxy groups -OCH3 is 1. The van der Waals surface area contributed by atoms with Crippen LogP contribution in [-0.2, 0) is 0 Å². The monoisotopic (exact) mass is 254 g/mol. The molecule has 0 saturated heterocycles. The number of ether oxygens (including phenoxy) is 1. The van der Waals surface area contributed by atoms with Crippen molar-refractivity contribution < 1.29 is 9.84 Å². The predicted octanol–water partition coefficient (Wildman–Crippen LogP) is 3.10. The lowest BCUT2D eigenvalue weighted by molar-refractivity contribution is 0.182. The van der Waals surface area contributed by atoms with Gasteiger partial charge in [-0.15, -0.1) is 0 Å². The van der Waals surface area contributed by atoms with E-state index >= 15 is 0 Å². The average Bonchev–Trinajstić information content (AvgIpc) is 2.15. The fourth-order valence-electron chi connectivity index (χ4n) is 0.975. The molecule has 1 rings (SSSR count). The van der Waals surface area contributed by atoms with Crippen LogP contribution in [0.4, 0.5) is 0 Å². The number of aliphatic hydroxyl groups excluding tert-OH is 1. The lowest BCUT2D eigenvalue weighted by atomic mass is 10.1. The van der Waals surface area contributed by atoms with Crippen molar-refractivity contribution >= 4 is 34.8 Å². The van der Waals surface area contributed by atoms with E-state index in [0.29, 0.717) is 11.3 Å². The fourth-order valence-corrected chi connectivity index (χ4v) is 1.35. The van der Waals surface area contributed by atoms with E-state index in [1.54, 1.807) is 31.4 Å². The highest BCUT2D eigenvalue weighted by Gasteiger charge is 2.31. The van der Waals surface area contributed by atoms with Crippen molar-refractivity contribution in [3.05, 3.63) is 29.8 Å². The molecule has 0 radical (unpaired) electrons. The largest absolute Gasteiger partial charge is 0.497 e. The molecule has 0 aliphatic rings. The van der Waals surface area contributed by atoms with Crippen LogP contribution < -0.4 is 4.74 Å². The minimum Gasteiger partial charge on any atom is -0.497 e. The predicted molar refractivity (Wildman–Crippen MR) is 58.2 cm³/mol. The third-order valence-corrected chi connectivity index (χ3v) is 2.36. The molecule has 0 aliphatic carbocycles. The van der Waals surface area contributed by atoms with Crippen LogP contribution in [0.25, 0.3) is 0 Å². The van der Waals surface area contributed by atoms with Crippen LogP contribution in [0.2, 0.25) is 0 Å². The zero-order valence-electron chi connectivity index (χ0n) is 7.38. The molecule has 0 aliphatic heterocycles. The summed E-state index contributed by atoms with van der Waals surface area (Å²) in [6, 6.07) is 6.67. The molecule has 78 valence electrons. The first-order chi connectivity index (χ1) is 6.45. The molecule has 0 spiro atoms. The molecule has 0 bridgehead atoms. The van der Waals surface area contributed by atoms with E-state index in [9.17, 15) is 5.11 Å². The smallest absolute Gasteiger partial charge is 0.220 e. The maximum absolute atomic E-state index is 9.58. The Kier molecular flexibility index (Phi) is 3.90. The van der Waals surface area contributed by atoms with Crippen LogP contribution in [0.15, 0.2) is 24.3 Å². The molecule has 1 unspecified atom stereocenters. The Morgan fingerprint density at radius 2 is 1.71 bits per heavy atom. The van der Waals surface area contributed by atoms with Crippen LogP contribution in [0.5, 0.6) is 5.75 Å². The van der Waals surface area contributed by atoms with Crippen LogP contribution in [0.1, 0.15) is 11.7 Å². The van der Waals surface area contributed by atoms with Crippen LogP contribution >= 0.6 is 34.8 Å². The van der Waals surface area contributed by atoms with E-state index < -0.39 is 9.90 Å². The van der Waals surface area contributed by atoms with Crippen molar-refractivity contribution in [2.45, 2.75) is 9.90 Å². The molecule has 5 heteroatoms. The second-order valence-corrected chi connectivity index (χ2v) is 5.09. The molecular weight excluding hydrogens is 246 g/mol. The molecule has 1 aromatic carbocycles. The molecular formula is C9H9Cl3O2. The normalized spacial score (nSPS) is 13.8. The van der Waals surface area contributed by atoms with Gasteiger partial charge in [0.15, 0.2) is 0 Å². The minimum atomic E-state index is -1.71. The van der Waals surface area contributed by atoms with Gasteiger partial charge in [0.05, 0.1) is 7.11 Å². The van der Waals surface area contributed by atoms with E-state index in [0.717, 1.165) is 0 Å². The molecule has 1 N–H and O–H groups in total. The third kappa shape index (κ3) is 2.92. The van der Waals surface area contributed by atoms with Gasteiger partial charge in [0.1, 0.15) is 11.9 Å². The van der Waals surface area contributed by atoms with Crippen molar-refractivity contribution in [3.63, 3.8) is 0 Å². The SMILES string of the molecule is COc1ccc(C(O)C(Cl)(Cl)Cl)cc1. The van der Waals surface area contributed by atoms with Gasteiger partial charge >= 0.3 is 0 Å². The first kappa shape index (κ1) is 11.9. The van der Waals surface area contributed by atoms with Gasteiger partial charge in [0.25, 0.3) is 0 Å². The zero-order chi connectivity index (χ0) is 10.8. The Bertz CT molecular complexity index is 292. The highest BCUT2D eigenvalue weighted by Crippen LogP contribution is 2.39. The Hall–Kier alpha value is -0.150. The van der Waals surface area contributed by atoms with E-state index in [4.69, 9.17) is 39.5 Å². The Balaban J connectivity index is 2.87. The Labute approximate surface area is 97.3 Å². The third-order valence-electron chi connectivity index (χ3n) is 1.74. The summed E-state index contributed by atoms with van der Waals surface area (Å²) in [5.41, 5.74) is 0.533. The van der Waals surface area contributed by atoms with E-state index in [1.807, 2.05) is 0 Å². The highest BCUT2D eigenvalue weighted by molar-refractivity contribution is 6.68. The second-order valence-electron chi connectivity index (χ2n) is 2.72. The lowest BCUT2D eigenvalue weighted by Crippen LogP contribution is -2.16. The summed E-state index contributed by atoms with van der Waals surface area (Å²) < 4.78 is 3.24. The summed E-state index contributed by atoms with van der Waals surface area (Å²) in [6.07, 6.45) is -1.14. The van der Waals surface area contributed by atoms with Crippen LogP contribution in [0.3, 0.4) is 0 Å². The van der Waals surface area contributed by atoms with Gasteiger partial charge in [-0.2, -0.15) is 0 Å². The van der Waals surface area contributed by atoms with Gasteiger partial charge in [-0.3, -0.25) is 0 Å². The summed E-state index contributed by atoms with van der Waals surface area (Å²) in [7, 11) is 1.56. The molecule has 0 saturated carbocycles. The van der Waals surface area contributed by atoms with E-state index in [1.165, 1.54) is 0 Å². The highest BCUT2D eigenvalue weighted by atomic mass is 35.6. The second kappa shape index (κ2) is 4.58. The van der Waals surface area contributed by atoms with E-state index in [2.05, 4.69) is 0 Å². The standard InChI is InChI=1S/C9H9Cl3O2/c1-14-7-4-2-6(3-5-7)8(13)9(10,11)12/h2-5,8,13H,1H3. The summed E-state index contributed by atoms with van der Waals surface area (Å²) in [4.78, 5) is 0. The quantitative estimate of drug-likeness (QED) is 0.823. The number of benzene rings is 1. The Morgan fingerprint density at radius 1 is 1.21 bits per heavy atom. The van der Waals surface area contributed by atoms with Gasteiger partial charge in [-0.25, -0.2) is 0 Å². The van der Waals surface area contributed by atoms with Gasteiger partial charge in [0.2, 0.25) is 3.79 Å². The minimum absolute atomic E-state index is 0.533. The molecule has 0 aromatic heterocycles. The van der Waals surface area contributed by atoms with Crippen molar-refractivity contribution in [1.82, 2.24) is 0 Å². The van der Waals surface area contributed by atoms with E-state index in [-0.39, 0.29) is 0 Å². The number of hydrogen-bond donors (Lipinski definition) is 1. The summed E-state index contributed by atoms with van der Waals surface area (Å²) in [6.45, 7) is 0. The van der Waals surface area contributed by atoms with Crippen molar-refractivity contribution in [1.29, 1.82) is 0 Å². The van der Waals surface area contributed by atoms with Gasteiger partial charge < -0.3 is 9.84 Å². The van der Waals surface area contributed by atoms with Gasteiger partial charge in [-0.05, 0) is 17.7 Å². The number of aliphatic hydroxyl groups is 1. The first-order valence-corrected chi connectivity index (χ1v) is 4.97. The van der Waals surface area contributed by atoms with Gasteiger partial charge in [-0.1, -0.05) is 46.9 Å². The molecule has 0 heterocycles. The number of rotatable bonds is 2. The molecule has 1 aromatic rings. The average molecular weight is 256 g/mol. The molecule has 14 heavy (non-hydrogen) atoms. The molecule has 2 nitrogen and oxygen atoms in total. The number of hydrogen-bond acceptors (Lipinski definition) is 2. The van der Waals surface area contributed by atoms with Gasteiger partial charge in [0, 0.05) is 0 Å². The summed E-state index contributed by atoms with van der Waals surface area (Å²) in [5, 5.41) is 9.58. The molecule has 0 fully saturated rings. The maximum atomic E-state index is 9.58. The number of alkyl halides is 3. The maximum Gasteiger partial charge on any atom is 0.220 e. The topological polar surface area (TPSA) is 29.5 Å². The van der Waals surface area contributed by atoms with Crippen LogP contribution in [0, 0.1) is 0 Å².